The summed E-state index contributed by atoms with van der Waals surface area (Å²) in [5.74, 6) is -3.69. The number of hydrogen-bond donors (Lipinski definition) is 1. The molecule has 0 unspecified atom stereocenters. The second kappa shape index (κ2) is 10.1. The van der Waals surface area contributed by atoms with E-state index in [-0.39, 0.29) is 11.3 Å². The van der Waals surface area contributed by atoms with Crippen molar-refractivity contribution in [3.63, 3.8) is 0 Å². The number of pyridine rings is 1. The van der Waals surface area contributed by atoms with Crippen LogP contribution in [0.5, 0.6) is 5.75 Å². The van der Waals surface area contributed by atoms with Crippen molar-refractivity contribution in [2.24, 2.45) is 0 Å². The molecule has 39 heavy (non-hydrogen) atoms. The van der Waals surface area contributed by atoms with E-state index in [0.29, 0.717) is 36.6 Å². The molecule has 0 fully saturated rings. The lowest BCUT2D eigenvalue weighted by Crippen LogP contribution is -2.08. The molecule has 0 spiro atoms. The summed E-state index contributed by atoms with van der Waals surface area (Å²) in [6, 6.07) is 8.67. The first-order chi connectivity index (χ1) is 18.7. The molecule has 0 aliphatic heterocycles. The quantitative estimate of drug-likeness (QED) is 0.197. The van der Waals surface area contributed by atoms with Gasteiger partial charge in [0.15, 0.2) is 17.5 Å². The van der Waals surface area contributed by atoms with Crippen molar-refractivity contribution < 1.29 is 27.4 Å². The van der Waals surface area contributed by atoms with Crippen LogP contribution in [0, 0.1) is 31.3 Å². The van der Waals surface area contributed by atoms with Gasteiger partial charge in [0.2, 0.25) is 5.78 Å². The molecule has 0 saturated carbocycles. The molecule has 3 heterocycles. The third-order valence-corrected chi connectivity index (χ3v) is 6.92. The summed E-state index contributed by atoms with van der Waals surface area (Å²) in [5.41, 5.74) is 5.23. The summed E-state index contributed by atoms with van der Waals surface area (Å²) in [6.07, 6.45) is 1.70. The number of aryl methyl sites for hydroxylation is 2. The Labute approximate surface area is 222 Å². The number of carbonyl (C=O) groups excluding carboxylic acids is 1. The van der Waals surface area contributed by atoms with Gasteiger partial charge in [0, 0.05) is 44.1 Å². The highest BCUT2D eigenvalue weighted by Crippen LogP contribution is 2.44. The van der Waals surface area contributed by atoms with E-state index in [1.165, 1.54) is 0 Å². The van der Waals surface area contributed by atoms with E-state index >= 15 is 0 Å². The Bertz CT molecular complexity index is 1730. The number of ether oxygens (including phenoxy) is 2. The number of rotatable bonds is 8. The Morgan fingerprint density at radius 1 is 1.08 bits per heavy atom. The highest BCUT2D eigenvalue weighted by Gasteiger charge is 2.25. The number of nitrogens with one attached hydrogen (secondary N) is 1. The van der Waals surface area contributed by atoms with Gasteiger partial charge in [-0.25, -0.2) is 18.2 Å². The van der Waals surface area contributed by atoms with E-state index in [9.17, 15) is 18.0 Å². The number of halogens is 3. The Hall–Kier alpha value is -4.31. The van der Waals surface area contributed by atoms with Gasteiger partial charge in [0.05, 0.1) is 41.7 Å². The Morgan fingerprint density at radius 2 is 1.79 bits per heavy atom. The van der Waals surface area contributed by atoms with Crippen LogP contribution >= 0.6 is 0 Å². The van der Waals surface area contributed by atoms with Crippen LogP contribution in [-0.4, -0.2) is 47.6 Å². The molecular weight excluding hydrogens is 509 g/mol. The molecule has 0 bridgehead atoms. The average molecular weight is 537 g/mol. The van der Waals surface area contributed by atoms with Gasteiger partial charge >= 0.3 is 0 Å². The van der Waals surface area contributed by atoms with Crippen LogP contribution in [0.1, 0.15) is 27.4 Å². The summed E-state index contributed by atoms with van der Waals surface area (Å²) in [6.45, 7) is 4.91. The Balaban J connectivity index is 1.75. The summed E-state index contributed by atoms with van der Waals surface area (Å²) >= 11 is 0. The van der Waals surface area contributed by atoms with Crippen molar-refractivity contribution in [3.05, 3.63) is 82.7 Å². The van der Waals surface area contributed by atoms with Gasteiger partial charge in [-0.1, -0.05) is 6.07 Å². The molecule has 2 aromatic carbocycles. The van der Waals surface area contributed by atoms with Gasteiger partial charge in [0.1, 0.15) is 17.1 Å². The van der Waals surface area contributed by atoms with E-state index in [1.54, 1.807) is 44.0 Å². The fourth-order valence-corrected chi connectivity index (χ4v) is 5.15. The number of benzene rings is 2. The van der Waals surface area contributed by atoms with Crippen molar-refractivity contribution >= 4 is 28.0 Å². The molecule has 0 atom stereocenters. The first-order valence-electron chi connectivity index (χ1n) is 12.3. The third kappa shape index (κ3) is 4.21. The van der Waals surface area contributed by atoms with Crippen LogP contribution in [0.2, 0.25) is 0 Å². The van der Waals surface area contributed by atoms with Crippen LogP contribution in [0.3, 0.4) is 0 Å². The smallest absolute Gasteiger partial charge is 0.209 e. The van der Waals surface area contributed by atoms with Crippen LogP contribution in [0.25, 0.3) is 27.7 Å². The Kier molecular flexibility index (Phi) is 6.82. The normalized spacial score (nSPS) is 11.5. The summed E-state index contributed by atoms with van der Waals surface area (Å²) in [7, 11) is 5.04. The topological polar surface area (TPSA) is 69.8 Å². The molecule has 3 aromatic heterocycles. The maximum absolute atomic E-state index is 13.9. The van der Waals surface area contributed by atoms with Gasteiger partial charge in [0.25, 0.3) is 0 Å². The van der Waals surface area contributed by atoms with Crippen molar-refractivity contribution in [2.45, 2.75) is 20.4 Å². The Morgan fingerprint density at radius 3 is 2.44 bits per heavy atom. The number of ketones is 1. The summed E-state index contributed by atoms with van der Waals surface area (Å²) in [4.78, 5) is 18.2. The zero-order valence-corrected chi connectivity index (χ0v) is 22.2. The van der Waals surface area contributed by atoms with Gasteiger partial charge in [-0.15, -0.1) is 0 Å². The van der Waals surface area contributed by atoms with Crippen LogP contribution in [0.15, 0.2) is 42.6 Å². The molecule has 0 radical (unpaired) electrons. The van der Waals surface area contributed by atoms with Crippen molar-refractivity contribution in [3.8, 4) is 16.9 Å². The minimum Gasteiger partial charge on any atom is -0.496 e. The number of fused-ring (bicyclic) bond motifs is 2. The fourth-order valence-electron chi connectivity index (χ4n) is 5.15. The molecule has 1 N–H and O–H groups in total. The van der Waals surface area contributed by atoms with E-state index in [0.717, 1.165) is 39.2 Å². The number of carbonyl (C=O) groups is 1. The molecule has 0 aliphatic rings. The summed E-state index contributed by atoms with van der Waals surface area (Å²) in [5, 5.41) is 3.28. The molecule has 0 aliphatic carbocycles. The number of aromatic nitrogens is 3. The second-order valence-corrected chi connectivity index (χ2v) is 9.19. The van der Waals surface area contributed by atoms with Crippen LogP contribution in [0.4, 0.5) is 18.9 Å². The zero-order valence-electron chi connectivity index (χ0n) is 22.2. The molecule has 5 aromatic rings. The average Bonchev–Trinajstić information content (AvgIpc) is 3.44. The lowest BCUT2D eigenvalue weighted by Gasteiger charge is -2.17. The number of methoxy groups -OCH3 is 2. The van der Waals surface area contributed by atoms with E-state index in [2.05, 4.69) is 9.88 Å². The molecule has 7 nitrogen and oxygen atoms in total. The SMILES string of the molecule is CNc1c(-c2cccn3c(C(=O)c4cc(F)c(F)c(F)c4)cc(C)c23)c(OC)cc2c1nc(C)n2CCOC. The van der Waals surface area contributed by atoms with Crippen molar-refractivity contribution in [2.75, 3.05) is 33.2 Å². The first kappa shape index (κ1) is 26.3. The number of nitrogens with zero attached hydrogens (tertiary/aromatic N) is 3. The highest BCUT2D eigenvalue weighted by molar-refractivity contribution is 6.10. The monoisotopic (exact) mass is 536 g/mol. The fraction of sp³-hybridized carbons (Fsp3) is 0.241. The second-order valence-electron chi connectivity index (χ2n) is 9.19. The van der Waals surface area contributed by atoms with Gasteiger partial charge < -0.3 is 23.8 Å². The van der Waals surface area contributed by atoms with Crippen molar-refractivity contribution in [1.82, 2.24) is 14.0 Å². The largest absolute Gasteiger partial charge is 0.496 e. The maximum Gasteiger partial charge on any atom is 0.209 e. The standard InChI is InChI=1S/C29H27F3N4O3/c1-15-11-22(29(37)17-12-19(30)25(32)20(31)13-17)36-8-6-7-18(28(15)36)24-23(39-5)14-21-26(27(24)33-3)34-16(2)35(21)9-10-38-4/h6-8,11-14,33H,9-10H2,1-5H3. The van der Waals surface area contributed by atoms with Gasteiger partial charge in [-0.05, 0) is 43.7 Å². The van der Waals surface area contributed by atoms with E-state index in [1.807, 2.05) is 26.0 Å². The van der Waals surface area contributed by atoms with Gasteiger partial charge in [-0.3, -0.25) is 4.79 Å². The lowest BCUT2D eigenvalue weighted by atomic mass is 9.99. The maximum atomic E-state index is 13.9. The molecule has 202 valence electrons. The van der Waals surface area contributed by atoms with Crippen LogP contribution in [-0.2, 0) is 11.3 Å². The molecular formula is C29H27F3N4O3. The molecule has 0 amide bonds. The minimum atomic E-state index is -1.62. The predicted octanol–water partition coefficient (Wildman–Crippen LogP) is 5.92. The van der Waals surface area contributed by atoms with E-state index < -0.39 is 23.2 Å². The van der Waals surface area contributed by atoms with Crippen LogP contribution < -0.4 is 10.1 Å². The minimum absolute atomic E-state index is 0.181. The molecule has 5 rings (SSSR count). The summed E-state index contributed by atoms with van der Waals surface area (Å²) < 4.78 is 56.2. The van der Waals surface area contributed by atoms with Crippen molar-refractivity contribution in [1.29, 1.82) is 0 Å². The number of hydrogen-bond acceptors (Lipinski definition) is 5. The number of anilines is 1. The number of imidazole rings is 1. The van der Waals surface area contributed by atoms with E-state index in [4.69, 9.17) is 14.5 Å². The molecule has 0 saturated heterocycles. The predicted molar refractivity (Wildman–Crippen MR) is 143 cm³/mol. The van der Waals surface area contributed by atoms with Gasteiger partial charge in [-0.2, -0.15) is 0 Å². The first-order valence-corrected chi connectivity index (χ1v) is 12.3. The lowest BCUT2D eigenvalue weighted by molar-refractivity contribution is 0.103. The third-order valence-electron chi connectivity index (χ3n) is 6.92. The highest BCUT2D eigenvalue weighted by atomic mass is 19.2. The molecule has 10 heteroatoms. The zero-order chi connectivity index (χ0) is 28.0.